The second-order valence-electron chi connectivity index (χ2n) is 3.46. The first-order chi connectivity index (χ1) is 5.22. The maximum absolute atomic E-state index is 10.9. The van der Waals surface area contributed by atoms with Gasteiger partial charge in [-0.05, 0) is 25.2 Å². The lowest BCUT2D eigenvalue weighted by atomic mass is 9.98. The van der Waals surface area contributed by atoms with Gasteiger partial charge in [-0.3, -0.25) is 4.79 Å². The van der Waals surface area contributed by atoms with Gasteiger partial charge in [-0.15, -0.1) is 0 Å². The van der Waals surface area contributed by atoms with Gasteiger partial charge in [-0.1, -0.05) is 19.1 Å². The predicted molar refractivity (Wildman–Crippen MR) is 46.4 cm³/mol. The van der Waals surface area contributed by atoms with Crippen molar-refractivity contribution < 1.29 is 4.79 Å². The summed E-state index contributed by atoms with van der Waals surface area (Å²) in [6, 6.07) is 0. The summed E-state index contributed by atoms with van der Waals surface area (Å²) >= 11 is 0. The van der Waals surface area contributed by atoms with Gasteiger partial charge in [0.15, 0.2) is 0 Å². The lowest BCUT2D eigenvalue weighted by molar-refractivity contribution is -0.117. The minimum Gasteiger partial charge on any atom is -0.300 e. The average Bonchev–Trinajstić information content (AvgIpc) is 2.35. The van der Waals surface area contributed by atoms with Crippen LogP contribution in [0.5, 0.6) is 0 Å². The van der Waals surface area contributed by atoms with Gasteiger partial charge in [0.2, 0.25) is 0 Å². The molecule has 0 N–H and O–H groups in total. The largest absolute Gasteiger partial charge is 0.300 e. The molecule has 0 heterocycles. The van der Waals surface area contributed by atoms with E-state index in [1.165, 1.54) is 5.57 Å². The number of hydrogen-bond acceptors (Lipinski definition) is 1. The molecule has 1 aliphatic rings. The normalized spacial score (nSPS) is 24.1. The fourth-order valence-corrected chi connectivity index (χ4v) is 1.62. The van der Waals surface area contributed by atoms with E-state index in [1.807, 2.05) is 0 Å². The Morgan fingerprint density at radius 2 is 2.45 bits per heavy atom. The molecular formula is C10H16O. The molecule has 0 saturated heterocycles. The molecule has 1 rings (SSSR count). The quantitative estimate of drug-likeness (QED) is 0.568. The summed E-state index contributed by atoms with van der Waals surface area (Å²) in [4.78, 5) is 10.9. The first-order valence-electron chi connectivity index (χ1n) is 4.40. The lowest BCUT2D eigenvalue weighted by Crippen LogP contribution is -1.96. The second kappa shape index (κ2) is 3.70. The number of carbonyl (C=O) groups excluding carboxylic acids is 1. The molecule has 1 unspecified atom stereocenters. The molecule has 1 heteroatoms. The van der Waals surface area contributed by atoms with E-state index in [0.29, 0.717) is 11.7 Å². The summed E-state index contributed by atoms with van der Waals surface area (Å²) in [5.41, 5.74) is 1.30. The average molecular weight is 152 g/mol. The highest BCUT2D eigenvalue weighted by molar-refractivity contribution is 5.80. The van der Waals surface area contributed by atoms with Crippen molar-refractivity contribution in [2.24, 2.45) is 5.92 Å². The molecule has 1 fully saturated rings. The third-order valence-electron chi connectivity index (χ3n) is 2.43. The van der Waals surface area contributed by atoms with E-state index in [-0.39, 0.29) is 0 Å². The van der Waals surface area contributed by atoms with Gasteiger partial charge in [0, 0.05) is 12.8 Å². The molecule has 0 radical (unpaired) electrons. The van der Waals surface area contributed by atoms with Gasteiger partial charge in [-0.2, -0.15) is 0 Å². The zero-order valence-electron chi connectivity index (χ0n) is 7.23. The fourth-order valence-electron chi connectivity index (χ4n) is 1.62. The van der Waals surface area contributed by atoms with Crippen LogP contribution >= 0.6 is 0 Å². The SMILES string of the molecule is C=C(CC)CC1CCC(=O)C1. The molecule has 0 aromatic rings. The molecule has 0 spiro atoms. The summed E-state index contributed by atoms with van der Waals surface area (Å²) in [6.45, 7) is 6.07. The van der Waals surface area contributed by atoms with Crippen LogP contribution in [0.25, 0.3) is 0 Å². The number of Topliss-reactive ketones (excluding diaryl/α,β-unsaturated/α-hetero) is 1. The van der Waals surface area contributed by atoms with E-state index in [2.05, 4.69) is 13.5 Å². The highest BCUT2D eigenvalue weighted by Gasteiger charge is 2.21. The van der Waals surface area contributed by atoms with Gasteiger partial charge < -0.3 is 0 Å². The van der Waals surface area contributed by atoms with Crippen molar-refractivity contribution in [2.45, 2.75) is 39.0 Å². The second-order valence-corrected chi connectivity index (χ2v) is 3.46. The highest BCUT2D eigenvalue weighted by Crippen LogP contribution is 2.28. The minimum atomic E-state index is 0.443. The van der Waals surface area contributed by atoms with Gasteiger partial charge in [0.1, 0.15) is 5.78 Å². The number of allylic oxidation sites excluding steroid dienone is 1. The summed E-state index contributed by atoms with van der Waals surface area (Å²) in [5.74, 6) is 1.06. The van der Waals surface area contributed by atoms with Crippen molar-refractivity contribution >= 4 is 5.78 Å². The zero-order valence-corrected chi connectivity index (χ0v) is 7.23. The minimum absolute atomic E-state index is 0.443. The Kier molecular flexibility index (Phi) is 2.86. The van der Waals surface area contributed by atoms with Crippen molar-refractivity contribution in [1.29, 1.82) is 0 Å². The summed E-state index contributed by atoms with van der Waals surface area (Å²) < 4.78 is 0. The topological polar surface area (TPSA) is 17.1 Å². The maximum atomic E-state index is 10.9. The van der Waals surface area contributed by atoms with Crippen molar-refractivity contribution in [3.63, 3.8) is 0 Å². The van der Waals surface area contributed by atoms with Gasteiger partial charge in [0.05, 0.1) is 0 Å². The first-order valence-corrected chi connectivity index (χ1v) is 4.40. The highest BCUT2D eigenvalue weighted by atomic mass is 16.1. The van der Waals surface area contributed by atoms with E-state index in [1.54, 1.807) is 0 Å². The summed E-state index contributed by atoms with van der Waals surface area (Å²) in [7, 11) is 0. The standard InChI is InChI=1S/C10H16O/c1-3-8(2)6-9-4-5-10(11)7-9/h9H,2-7H2,1H3. The monoisotopic (exact) mass is 152 g/mol. The Bertz CT molecular complexity index is 170. The Hall–Kier alpha value is -0.590. The Balaban J connectivity index is 2.28. The zero-order chi connectivity index (χ0) is 8.27. The van der Waals surface area contributed by atoms with Crippen molar-refractivity contribution in [2.75, 3.05) is 0 Å². The lowest BCUT2D eigenvalue weighted by Gasteiger charge is -2.07. The molecule has 1 aliphatic carbocycles. The van der Waals surface area contributed by atoms with Crippen molar-refractivity contribution in [1.82, 2.24) is 0 Å². The molecule has 0 amide bonds. The van der Waals surface area contributed by atoms with E-state index in [4.69, 9.17) is 0 Å². The molecule has 0 aliphatic heterocycles. The van der Waals surface area contributed by atoms with E-state index in [0.717, 1.165) is 32.1 Å². The van der Waals surface area contributed by atoms with Gasteiger partial charge in [-0.25, -0.2) is 0 Å². The number of ketones is 1. The van der Waals surface area contributed by atoms with Crippen LogP contribution in [-0.2, 0) is 4.79 Å². The third kappa shape index (κ3) is 2.49. The van der Waals surface area contributed by atoms with Crippen LogP contribution in [0.3, 0.4) is 0 Å². The Labute approximate surface area is 68.5 Å². The predicted octanol–water partition coefficient (Wildman–Crippen LogP) is 2.71. The summed E-state index contributed by atoms with van der Waals surface area (Å²) in [6.07, 6.45) is 4.84. The molecule has 0 aromatic heterocycles. The molecule has 1 nitrogen and oxygen atoms in total. The molecular weight excluding hydrogens is 136 g/mol. The molecule has 1 atom stereocenters. The van der Waals surface area contributed by atoms with Crippen LogP contribution in [0.4, 0.5) is 0 Å². The van der Waals surface area contributed by atoms with Crippen LogP contribution in [0.2, 0.25) is 0 Å². The van der Waals surface area contributed by atoms with Crippen LogP contribution < -0.4 is 0 Å². The first kappa shape index (κ1) is 8.51. The number of hydrogen-bond donors (Lipinski definition) is 0. The fraction of sp³-hybridized carbons (Fsp3) is 0.700. The Morgan fingerprint density at radius 1 is 1.73 bits per heavy atom. The third-order valence-corrected chi connectivity index (χ3v) is 2.43. The van der Waals surface area contributed by atoms with E-state index in [9.17, 15) is 4.79 Å². The van der Waals surface area contributed by atoms with Crippen molar-refractivity contribution in [3.8, 4) is 0 Å². The molecule has 62 valence electrons. The van der Waals surface area contributed by atoms with E-state index >= 15 is 0 Å². The number of rotatable bonds is 3. The van der Waals surface area contributed by atoms with Gasteiger partial charge >= 0.3 is 0 Å². The molecule has 1 saturated carbocycles. The maximum Gasteiger partial charge on any atom is 0.133 e. The Morgan fingerprint density at radius 3 is 2.91 bits per heavy atom. The molecule has 11 heavy (non-hydrogen) atoms. The molecule has 0 aromatic carbocycles. The van der Waals surface area contributed by atoms with E-state index < -0.39 is 0 Å². The van der Waals surface area contributed by atoms with Crippen LogP contribution in [0.1, 0.15) is 39.0 Å². The van der Waals surface area contributed by atoms with Gasteiger partial charge in [0.25, 0.3) is 0 Å². The van der Waals surface area contributed by atoms with Crippen LogP contribution in [0, 0.1) is 5.92 Å². The smallest absolute Gasteiger partial charge is 0.133 e. The summed E-state index contributed by atoms with van der Waals surface area (Å²) in [5, 5.41) is 0. The molecule has 0 bridgehead atoms. The van der Waals surface area contributed by atoms with Crippen LogP contribution in [0.15, 0.2) is 12.2 Å². The van der Waals surface area contributed by atoms with Crippen LogP contribution in [-0.4, -0.2) is 5.78 Å². The number of carbonyl (C=O) groups is 1. The van der Waals surface area contributed by atoms with Crippen molar-refractivity contribution in [3.05, 3.63) is 12.2 Å².